The number of aryl methyl sites for hydroxylation is 2. The Balaban J connectivity index is 1.60. The lowest BCUT2D eigenvalue weighted by atomic mass is 10.4. The Labute approximate surface area is 155 Å². The molecule has 0 saturated heterocycles. The molecule has 0 saturated carbocycles. The van der Waals surface area contributed by atoms with Crippen LogP contribution in [0, 0.1) is 13.8 Å². The van der Waals surface area contributed by atoms with Crippen molar-refractivity contribution >= 4 is 35.0 Å². The van der Waals surface area contributed by atoms with Crippen LogP contribution in [0.15, 0.2) is 53.6 Å². The van der Waals surface area contributed by atoms with Crippen LogP contribution in [0.1, 0.15) is 11.4 Å². The van der Waals surface area contributed by atoms with E-state index in [1.807, 2.05) is 56.3 Å². The molecule has 1 amide bonds. The van der Waals surface area contributed by atoms with Crippen LogP contribution >= 0.6 is 23.4 Å². The highest BCUT2D eigenvalue weighted by molar-refractivity contribution is 8.00. The van der Waals surface area contributed by atoms with Gasteiger partial charge in [-0.15, -0.1) is 11.8 Å². The second-order valence-electron chi connectivity index (χ2n) is 5.51. The van der Waals surface area contributed by atoms with E-state index in [0.29, 0.717) is 16.5 Å². The summed E-state index contributed by atoms with van der Waals surface area (Å²) in [5, 5.41) is 7.88. The van der Waals surface area contributed by atoms with Crippen molar-refractivity contribution in [2.75, 3.05) is 11.1 Å². The first-order valence-electron chi connectivity index (χ1n) is 7.70. The molecule has 0 aliphatic heterocycles. The van der Waals surface area contributed by atoms with E-state index in [0.717, 1.165) is 16.3 Å². The van der Waals surface area contributed by atoms with E-state index in [1.54, 1.807) is 10.9 Å². The molecule has 0 aliphatic rings. The van der Waals surface area contributed by atoms with Crippen molar-refractivity contribution in [3.05, 3.63) is 65.1 Å². The summed E-state index contributed by atoms with van der Waals surface area (Å²) in [6.07, 6.45) is 1.63. The Hall–Kier alpha value is -2.31. The average molecular weight is 373 g/mol. The van der Waals surface area contributed by atoms with Crippen LogP contribution in [0.2, 0.25) is 5.02 Å². The third-order valence-electron chi connectivity index (χ3n) is 3.45. The molecular formula is C18H17ClN4OS. The maximum atomic E-state index is 12.1. The van der Waals surface area contributed by atoms with Gasteiger partial charge in [0.1, 0.15) is 0 Å². The van der Waals surface area contributed by atoms with E-state index in [9.17, 15) is 4.79 Å². The lowest BCUT2D eigenvalue weighted by Crippen LogP contribution is -2.14. The van der Waals surface area contributed by atoms with Crippen molar-refractivity contribution in [3.63, 3.8) is 0 Å². The second kappa shape index (κ2) is 7.72. The van der Waals surface area contributed by atoms with E-state index in [4.69, 9.17) is 11.6 Å². The van der Waals surface area contributed by atoms with E-state index in [2.05, 4.69) is 15.4 Å². The molecule has 5 nitrogen and oxygen atoms in total. The van der Waals surface area contributed by atoms with E-state index < -0.39 is 0 Å². The molecule has 1 aromatic carbocycles. The molecule has 0 fully saturated rings. The van der Waals surface area contributed by atoms with Crippen molar-refractivity contribution in [2.24, 2.45) is 0 Å². The van der Waals surface area contributed by atoms with Gasteiger partial charge in [-0.3, -0.25) is 4.79 Å². The lowest BCUT2D eigenvalue weighted by molar-refractivity contribution is -0.113. The number of pyridine rings is 1. The molecule has 0 bridgehead atoms. The molecule has 128 valence electrons. The Morgan fingerprint density at radius 3 is 2.68 bits per heavy atom. The summed E-state index contributed by atoms with van der Waals surface area (Å²) in [5.74, 6) is 0.891. The fourth-order valence-electron chi connectivity index (χ4n) is 2.35. The van der Waals surface area contributed by atoms with E-state index in [-0.39, 0.29) is 11.7 Å². The minimum Gasteiger partial charge on any atom is -0.324 e. The number of halogens is 1. The van der Waals surface area contributed by atoms with Gasteiger partial charge in [-0.2, -0.15) is 5.10 Å². The van der Waals surface area contributed by atoms with Crippen LogP contribution in [0.25, 0.3) is 5.82 Å². The SMILES string of the molecule is Cc1cc(C)n(-c2ccc(NC(=O)CSc3ccccc3Cl)cn2)n1. The molecule has 0 spiro atoms. The molecule has 1 N–H and O–H groups in total. The molecule has 0 radical (unpaired) electrons. The van der Waals surface area contributed by atoms with Gasteiger partial charge in [0.25, 0.3) is 0 Å². The maximum absolute atomic E-state index is 12.1. The van der Waals surface area contributed by atoms with Gasteiger partial charge < -0.3 is 5.32 Å². The molecule has 2 aromatic heterocycles. The normalized spacial score (nSPS) is 10.7. The summed E-state index contributed by atoms with van der Waals surface area (Å²) >= 11 is 7.49. The van der Waals surface area contributed by atoms with Crippen LogP contribution < -0.4 is 5.32 Å². The zero-order valence-corrected chi connectivity index (χ0v) is 15.4. The van der Waals surface area contributed by atoms with Crippen molar-refractivity contribution in [1.29, 1.82) is 0 Å². The molecule has 25 heavy (non-hydrogen) atoms. The van der Waals surface area contributed by atoms with Gasteiger partial charge in [-0.1, -0.05) is 23.7 Å². The quantitative estimate of drug-likeness (QED) is 0.679. The fourth-order valence-corrected chi connectivity index (χ4v) is 3.39. The zero-order chi connectivity index (χ0) is 17.8. The van der Waals surface area contributed by atoms with Crippen molar-refractivity contribution in [1.82, 2.24) is 14.8 Å². The molecular weight excluding hydrogens is 356 g/mol. The van der Waals surface area contributed by atoms with Gasteiger partial charge in [-0.25, -0.2) is 9.67 Å². The fraction of sp³-hybridized carbons (Fsp3) is 0.167. The van der Waals surface area contributed by atoms with Crippen LogP contribution in [-0.2, 0) is 4.79 Å². The number of hydrogen-bond donors (Lipinski definition) is 1. The predicted octanol–water partition coefficient (Wildman–Crippen LogP) is 4.27. The smallest absolute Gasteiger partial charge is 0.234 e. The van der Waals surface area contributed by atoms with Crippen LogP contribution in [0.3, 0.4) is 0 Å². The number of carbonyl (C=O) groups is 1. The number of amides is 1. The first-order valence-corrected chi connectivity index (χ1v) is 9.06. The molecule has 0 aliphatic carbocycles. The third kappa shape index (κ3) is 4.41. The highest BCUT2D eigenvalue weighted by atomic mass is 35.5. The van der Waals surface area contributed by atoms with Crippen molar-refractivity contribution in [2.45, 2.75) is 18.7 Å². The summed E-state index contributed by atoms with van der Waals surface area (Å²) in [7, 11) is 0. The first-order chi connectivity index (χ1) is 12.0. The van der Waals surface area contributed by atoms with Gasteiger partial charge in [0.05, 0.1) is 28.4 Å². The molecule has 7 heteroatoms. The zero-order valence-electron chi connectivity index (χ0n) is 13.9. The van der Waals surface area contributed by atoms with Crippen molar-refractivity contribution < 1.29 is 4.79 Å². The first kappa shape index (κ1) is 17.5. The standard InChI is InChI=1S/C18H17ClN4OS/c1-12-9-13(2)23(22-12)17-8-7-14(10-20-17)21-18(24)11-25-16-6-4-3-5-15(16)19/h3-10H,11H2,1-2H3,(H,21,24). The molecule has 3 rings (SSSR count). The third-order valence-corrected chi connectivity index (χ3v) is 4.97. The number of thioether (sulfide) groups is 1. The predicted molar refractivity (Wildman–Crippen MR) is 102 cm³/mol. The second-order valence-corrected chi connectivity index (χ2v) is 6.94. The lowest BCUT2D eigenvalue weighted by Gasteiger charge is -2.07. The van der Waals surface area contributed by atoms with Gasteiger partial charge in [0, 0.05) is 10.6 Å². The number of nitrogens with zero attached hydrogens (tertiary/aromatic N) is 3. The number of benzene rings is 1. The van der Waals surface area contributed by atoms with Gasteiger partial charge in [0.2, 0.25) is 5.91 Å². The Morgan fingerprint density at radius 2 is 2.04 bits per heavy atom. The topological polar surface area (TPSA) is 59.8 Å². The average Bonchev–Trinajstić information content (AvgIpc) is 2.93. The molecule has 0 unspecified atom stereocenters. The molecule has 3 aromatic rings. The minimum atomic E-state index is -0.106. The van der Waals surface area contributed by atoms with E-state index >= 15 is 0 Å². The number of nitrogens with one attached hydrogen (secondary N) is 1. The Kier molecular flexibility index (Phi) is 5.40. The maximum Gasteiger partial charge on any atom is 0.234 e. The van der Waals surface area contributed by atoms with Gasteiger partial charge >= 0.3 is 0 Å². The Bertz CT molecular complexity index is 892. The van der Waals surface area contributed by atoms with E-state index in [1.165, 1.54) is 11.8 Å². The summed E-state index contributed by atoms with van der Waals surface area (Å²) in [4.78, 5) is 17.3. The number of carbonyl (C=O) groups excluding carboxylic acids is 1. The van der Waals surface area contributed by atoms with Crippen LogP contribution in [0.4, 0.5) is 5.69 Å². The summed E-state index contributed by atoms with van der Waals surface area (Å²) in [6, 6.07) is 13.1. The Morgan fingerprint density at radius 1 is 1.24 bits per heavy atom. The highest BCUT2D eigenvalue weighted by Crippen LogP contribution is 2.26. The number of rotatable bonds is 5. The van der Waals surface area contributed by atoms with Gasteiger partial charge in [0.15, 0.2) is 5.82 Å². The summed E-state index contributed by atoms with van der Waals surface area (Å²) in [5.41, 5.74) is 2.60. The summed E-state index contributed by atoms with van der Waals surface area (Å²) in [6.45, 7) is 3.91. The van der Waals surface area contributed by atoms with Crippen LogP contribution in [0.5, 0.6) is 0 Å². The molecule has 2 heterocycles. The number of aromatic nitrogens is 3. The highest BCUT2D eigenvalue weighted by Gasteiger charge is 2.08. The number of hydrogen-bond acceptors (Lipinski definition) is 4. The van der Waals surface area contributed by atoms with Crippen molar-refractivity contribution in [3.8, 4) is 5.82 Å². The van der Waals surface area contributed by atoms with Crippen LogP contribution in [-0.4, -0.2) is 26.4 Å². The minimum absolute atomic E-state index is 0.106. The largest absolute Gasteiger partial charge is 0.324 e. The summed E-state index contributed by atoms with van der Waals surface area (Å²) < 4.78 is 1.77. The van der Waals surface area contributed by atoms with Gasteiger partial charge in [-0.05, 0) is 44.2 Å². The number of anilines is 1. The monoisotopic (exact) mass is 372 g/mol. The molecule has 0 atom stereocenters.